The van der Waals surface area contributed by atoms with Crippen LogP contribution in [0.15, 0.2) is 18.2 Å². The predicted molar refractivity (Wildman–Crippen MR) is 71.8 cm³/mol. The van der Waals surface area contributed by atoms with E-state index in [9.17, 15) is 4.79 Å². The molecule has 1 aliphatic rings. The van der Waals surface area contributed by atoms with Crippen LogP contribution in [0.5, 0.6) is 0 Å². The molecule has 2 heterocycles. The fraction of sp³-hybridized carbons (Fsp3) is 0.231. The van der Waals surface area contributed by atoms with E-state index in [2.05, 4.69) is 9.72 Å². The van der Waals surface area contributed by atoms with Crippen LogP contribution in [0.1, 0.15) is 21.6 Å². The van der Waals surface area contributed by atoms with Crippen LogP contribution in [0.25, 0.3) is 10.6 Å². The maximum atomic E-state index is 11.5. The first kappa shape index (κ1) is 12.1. The van der Waals surface area contributed by atoms with Crippen LogP contribution in [0.3, 0.4) is 0 Å². The van der Waals surface area contributed by atoms with Gasteiger partial charge in [-0.2, -0.15) is 0 Å². The largest absolute Gasteiger partial charge is 0.464 e. The third-order valence-corrected chi connectivity index (χ3v) is 3.93. The van der Waals surface area contributed by atoms with Gasteiger partial charge in [-0.05, 0) is 17.2 Å². The van der Waals surface area contributed by atoms with Crippen LogP contribution in [0.4, 0.5) is 5.00 Å². The minimum absolute atomic E-state index is 0.180. The summed E-state index contributed by atoms with van der Waals surface area (Å²) >= 11 is 1.28. The number of carbonyl (C=O) groups is 1. The molecule has 0 unspecified atom stereocenters. The summed E-state index contributed by atoms with van der Waals surface area (Å²) in [6.07, 6.45) is 0. The summed E-state index contributed by atoms with van der Waals surface area (Å²) < 4.78 is 10.0. The number of thiazole rings is 1. The molecule has 19 heavy (non-hydrogen) atoms. The Morgan fingerprint density at radius 2 is 2.21 bits per heavy atom. The molecule has 1 aliphatic heterocycles. The molecular formula is C13H12N2O3S. The van der Waals surface area contributed by atoms with Crippen molar-refractivity contribution in [2.75, 3.05) is 12.8 Å². The second-order valence-corrected chi connectivity index (χ2v) is 5.23. The highest BCUT2D eigenvalue weighted by Crippen LogP contribution is 2.32. The lowest BCUT2D eigenvalue weighted by Gasteiger charge is -2.00. The van der Waals surface area contributed by atoms with E-state index in [1.165, 1.54) is 24.0 Å². The third-order valence-electron chi connectivity index (χ3n) is 3.00. The van der Waals surface area contributed by atoms with Gasteiger partial charge in [0.15, 0.2) is 5.69 Å². The van der Waals surface area contributed by atoms with Crippen molar-refractivity contribution in [3.63, 3.8) is 0 Å². The number of carbonyl (C=O) groups excluding carboxylic acids is 1. The molecule has 6 heteroatoms. The average Bonchev–Trinajstić information content (AvgIpc) is 3.03. The Kier molecular flexibility index (Phi) is 2.96. The zero-order valence-electron chi connectivity index (χ0n) is 10.3. The van der Waals surface area contributed by atoms with Gasteiger partial charge in [-0.15, -0.1) is 0 Å². The molecule has 2 N–H and O–H groups in total. The number of ether oxygens (including phenoxy) is 2. The molecule has 0 aliphatic carbocycles. The Hall–Kier alpha value is -1.92. The van der Waals surface area contributed by atoms with Gasteiger partial charge in [0.2, 0.25) is 0 Å². The van der Waals surface area contributed by atoms with Gasteiger partial charge >= 0.3 is 5.97 Å². The molecule has 0 fully saturated rings. The smallest absolute Gasteiger partial charge is 0.359 e. The fourth-order valence-electron chi connectivity index (χ4n) is 2.00. The van der Waals surface area contributed by atoms with E-state index in [-0.39, 0.29) is 5.69 Å². The lowest BCUT2D eigenvalue weighted by atomic mass is 10.1. The van der Waals surface area contributed by atoms with Crippen LogP contribution in [-0.2, 0) is 22.7 Å². The number of esters is 1. The van der Waals surface area contributed by atoms with Gasteiger partial charge in [-0.1, -0.05) is 23.5 Å². The van der Waals surface area contributed by atoms with Crippen molar-refractivity contribution in [2.45, 2.75) is 13.2 Å². The second kappa shape index (κ2) is 4.64. The van der Waals surface area contributed by atoms with Gasteiger partial charge in [0.25, 0.3) is 0 Å². The molecule has 3 rings (SSSR count). The van der Waals surface area contributed by atoms with E-state index in [4.69, 9.17) is 10.5 Å². The number of fused-ring (bicyclic) bond motifs is 1. The highest BCUT2D eigenvalue weighted by molar-refractivity contribution is 7.19. The molecule has 0 spiro atoms. The van der Waals surface area contributed by atoms with E-state index < -0.39 is 5.97 Å². The topological polar surface area (TPSA) is 74.4 Å². The molecule has 0 atom stereocenters. The highest BCUT2D eigenvalue weighted by Gasteiger charge is 2.19. The number of nitrogen functional groups attached to an aromatic ring is 1. The summed E-state index contributed by atoms with van der Waals surface area (Å²) in [4.78, 5) is 15.7. The SMILES string of the molecule is COC(=O)c1nc(-c2ccc3c(c2)COC3)sc1N. The van der Waals surface area contributed by atoms with Gasteiger partial charge in [0, 0.05) is 5.56 Å². The van der Waals surface area contributed by atoms with Crippen molar-refractivity contribution in [3.05, 3.63) is 35.0 Å². The number of rotatable bonds is 2. The van der Waals surface area contributed by atoms with E-state index >= 15 is 0 Å². The van der Waals surface area contributed by atoms with Gasteiger partial charge in [-0.3, -0.25) is 0 Å². The molecule has 5 nitrogen and oxygen atoms in total. The second-order valence-electron chi connectivity index (χ2n) is 4.20. The summed E-state index contributed by atoms with van der Waals surface area (Å²) in [7, 11) is 1.31. The maximum Gasteiger partial charge on any atom is 0.359 e. The molecule has 0 bridgehead atoms. The Bertz CT molecular complexity index is 651. The maximum absolute atomic E-state index is 11.5. The van der Waals surface area contributed by atoms with E-state index in [0.717, 1.165) is 11.1 Å². The minimum atomic E-state index is -0.510. The van der Waals surface area contributed by atoms with Crippen molar-refractivity contribution in [2.24, 2.45) is 0 Å². The molecule has 0 saturated heterocycles. The molecule has 2 aromatic rings. The number of nitrogens with two attached hydrogens (primary N) is 1. The van der Waals surface area contributed by atoms with E-state index in [0.29, 0.717) is 23.2 Å². The van der Waals surface area contributed by atoms with Gasteiger partial charge in [0.05, 0.1) is 20.3 Å². The summed E-state index contributed by atoms with van der Waals surface area (Å²) in [5.74, 6) is -0.510. The van der Waals surface area contributed by atoms with Crippen LogP contribution in [0.2, 0.25) is 0 Å². The number of nitrogens with zero attached hydrogens (tertiary/aromatic N) is 1. The lowest BCUT2D eigenvalue weighted by molar-refractivity contribution is 0.0596. The first-order valence-corrected chi connectivity index (χ1v) is 6.55. The molecule has 0 radical (unpaired) electrons. The molecule has 98 valence electrons. The molecule has 0 saturated carbocycles. The van der Waals surface area contributed by atoms with Crippen molar-refractivity contribution < 1.29 is 14.3 Å². The minimum Gasteiger partial charge on any atom is -0.464 e. The van der Waals surface area contributed by atoms with Gasteiger partial charge in [-0.25, -0.2) is 9.78 Å². The van der Waals surface area contributed by atoms with Crippen LogP contribution in [0, 0.1) is 0 Å². The number of hydrogen-bond acceptors (Lipinski definition) is 6. The van der Waals surface area contributed by atoms with Crippen molar-refractivity contribution in [3.8, 4) is 10.6 Å². The normalized spacial score (nSPS) is 13.3. The number of anilines is 1. The predicted octanol–water partition coefficient (Wildman–Crippen LogP) is 2.21. The molecular weight excluding hydrogens is 264 g/mol. The van der Waals surface area contributed by atoms with Gasteiger partial charge < -0.3 is 15.2 Å². The summed E-state index contributed by atoms with van der Waals surface area (Å²) in [5.41, 5.74) is 9.27. The van der Waals surface area contributed by atoms with E-state index in [1.54, 1.807) is 0 Å². The Balaban J connectivity index is 2.01. The number of hydrogen-bond donors (Lipinski definition) is 1. The first-order valence-electron chi connectivity index (χ1n) is 5.73. The van der Waals surface area contributed by atoms with Crippen LogP contribution < -0.4 is 5.73 Å². The summed E-state index contributed by atoms with van der Waals surface area (Å²) in [5, 5.41) is 1.09. The molecule has 0 amide bonds. The Labute approximate surface area is 114 Å². The summed E-state index contributed by atoms with van der Waals surface area (Å²) in [6, 6.07) is 6.02. The zero-order chi connectivity index (χ0) is 13.4. The van der Waals surface area contributed by atoms with Crippen LogP contribution in [-0.4, -0.2) is 18.1 Å². The molecule has 1 aromatic carbocycles. The van der Waals surface area contributed by atoms with Crippen molar-refractivity contribution >= 4 is 22.3 Å². The Morgan fingerprint density at radius 3 is 3.00 bits per heavy atom. The highest BCUT2D eigenvalue weighted by atomic mass is 32.1. The van der Waals surface area contributed by atoms with E-state index in [1.807, 2.05) is 18.2 Å². The van der Waals surface area contributed by atoms with Gasteiger partial charge in [0.1, 0.15) is 10.0 Å². The monoisotopic (exact) mass is 276 g/mol. The van der Waals surface area contributed by atoms with Crippen LogP contribution >= 0.6 is 11.3 Å². The summed E-state index contributed by atoms with van der Waals surface area (Å²) in [6.45, 7) is 1.27. The lowest BCUT2D eigenvalue weighted by Crippen LogP contribution is -2.04. The zero-order valence-corrected chi connectivity index (χ0v) is 11.1. The average molecular weight is 276 g/mol. The fourth-order valence-corrected chi connectivity index (χ4v) is 2.82. The quantitative estimate of drug-likeness (QED) is 0.851. The first-order chi connectivity index (χ1) is 9.19. The van der Waals surface area contributed by atoms with Crippen molar-refractivity contribution in [1.29, 1.82) is 0 Å². The molecule has 1 aromatic heterocycles. The third kappa shape index (κ3) is 2.09. The number of benzene rings is 1. The standard InChI is InChI=1S/C13H12N2O3S/c1-17-13(16)10-11(14)19-12(15-10)7-2-3-8-5-18-6-9(8)4-7/h2-4H,5-6,14H2,1H3. The Morgan fingerprint density at radius 1 is 1.42 bits per heavy atom. The van der Waals surface area contributed by atoms with Crippen molar-refractivity contribution in [1.82, 2.24) is 4.98 Å². The number of methoxy groups -OCH3 is 1. The number of aromatic nitrogens is 1.